The number of hydrogen-bond acceptors (Lipinski definition) is 5. The molecule has 3 rings (SSSR count). The summed E-state index contributed by atoms with van der Waals surface area (Å²) in [4.78, 5) is 12.9. The molecule has 0 aliphatic rings. The Kier molecular flexibility index (Phi) is 6.59. The third-order valence-electron chi connectivity index (χ3n) is 4.29. The molecule has 2 aromatic carbocycles. The Labute approximate surface area is 173 Å². The Morgan fingerprint density at radius 3 is 2.75 bits per heavy atom. The molecule has 0 aliphatic carbocycles. The number of nitrogens with zero attached hydrogens (tertiary/aromatic N) is 3. The van der Waals surface area contributed by atoms with Crippen LogP contribution < -0.4 is 11.1 Å². The Morgan fingerprint density at radius 1 is 1.25 bits per heavy atom. The average molecular weight is 416 g/mol. The highest BCUT2D eigenvalue weighted by atomic mass is 35.5. The Hall–Kier alpha value is -2.51. The van der Waals surface area contributed by atoms with E-state index >= 15 is 0 Å². The number of nitrogen functional groups attached to an aromatic ring is 1. The van der Waals surface area contributed by atoms with Gasteiger partial charge in [0, 0.05) is 16.5 Å². The van der Waals surface area contributed by atoms with E-state index in [1.807, 2.05) is 62.4 Å². The topological polar surface area (TPSA) is 85.8 Å². The number of hydrogen-bond donors (Lipinski definition) is 2. The summed E-state index contributed by atoms with van der Waals surface area (Å²) in [5.41, 5.74) is 8.85. The molecule has 6 nitrogen and oxygen atoms in total. The van der Waals surface area contributed by atoms with E-state index in [0.29, 0.717) is 22.4 Å². The molecule has 146 valence electrons. The molecule has 0 saturated heterocycles. The van der Waals surface area contributed by atoms with Gasteiger partial charge >= 0.3 is 0 Å². The first-order chi connectivity index (χ1) is 13.5. The molecule has 0 aliphatic heterocycles. The lowest BCUT2D eigenvalue weighted by Crippen LogP contribution is -2.27. The normalized spacial score (nSPS) is 12.0. The van der Waals surface area contributed by atoms with Gasteiger partial charge in [-0.1, -0.05) is 60.6 Å². The van der Waals surface area contributed by atoms with Crippen LogP contribution in [0.5, 0.6) is 0 Å². The maximum absolute atomic E-state index is 12.9. The Balaban J connectivity index is 1.79. The number of aromatic nitrogens is 3. The lowest BCUT2D eigenvalue weighted by atomic mass is 10.2. The van der Waals surface area contributed by atoms with Crippen LogP contribution in [0.1, 0.15) is 30.5 Å². The smallest absolute Gasteiger partial charge is 0.247 e. The Morgan fingerprint density at radius 2 is 2.04 bits per heavy atom. The standard InChI is InChI=1S/C20H22ClN5OS/c1-3-17(18(27)23-15-9-6-7-13(2)11-15)26-19(22)24-25-20(26)28-12-14-8-4-5-10-16(14)21/h4-11,17H,3,12H2,1-2H3,(H2,22,24)(H,23,27). The van der Waals surface area contributed by atoms with Gasteiger partial charge in [-0.25, -0.2) is 0 Å². The van der Waals surface area contributed by atoms with Gasteiger partial charge in [-0.15, -0.1) is 10.2 Å². The lowest BCUT2D eigenvalue weighted by Gasteiger charge is -2.19. The van der Waals surface area contributed by atoms with Gasteiger partial charge in [-0.05, 0) is 42.7 Å². The van der Waals surface area contributed by atoms with E-state index in [1.54, 1.807) is 4.57 Å². The number of anilines is 2. The van der Waals surface area contributed by atoms with Crippen LogP contribution in [0.2, 0.25) is 5.02 Å². The van der Waals surface area contributed by atoms with Crippen LogP contribution in [0.15, 0.2) is 53.7 Å². The minimum atomic E-state index is -0.510. The van der Waals surface area contributed by atoms with Crippen molar-refractivity contribution in [2.45, 2.75) is 37.2 Å². The molecule has 8 heteroatoms. The van der Waals surface area contributed by atoms with Gasteiger partial charge in [0.25, 0.3) is 0 Å². The molecule has 28 heavy (non-hydrogen) atoms. The molecule has 1 atom stereocenters. The van der Waals surface area contributed by atoms with E-state index in [9.17, 15) is 4.79 Å². The zero-order chi connectivity index (χ0) is 20.1. The SMILES string of the molecule is CCC(C(=O)Nc1cccc(C)c1)n1c(N)nnc1SCc1ccccc1Cl. The van der Waals surface area contributed by atoms with E-state index in [-0.39, 0.29) is 11.9 Å². The van der Waals surface area contributed by atoms with Gasteiger partial charge < -0.3 is 11.1 Å². The quantitative estimate of drug-likeness (QED) is 0.546. The number of nitrogens with two attached hydrogens (primary N) is 1. The van der Waals surface area contributed by atoms with Crippen molar-refractivity contribution < 1.29 is 4.79 Å². The summed E-state index contributed by atoms with van der Waals surface area (Å²) >= 11 is 7.68. The zero-order valence-corrected chi connectivity index (χ0v) is 17.3. The fraction of sp³-hybridized carbons (Fsp3) is 0.250. The van der Waals surface area contributed by atoms with Crippen molar-refractivity contribution in [3.8, 4) is 0 Å². The van der Waals surface area contributed by atoms with Gasteiger partial charge in [0.2, 0.25) is 11.9 Å². The number of amides is 1. The largest absolute Gasteiger partial charge is 0.368 e. The number of nitrogens with one attached hydrogen (secondary N) is 1. The molecular formula is C20H22ClN5OS. The van der Waals surface area contributed by atoms with Gasteiger partial charge in [0.15, 0.2) is 5.16 Å². The zero-order valence-electron chi connectivity index (χ0n) is 15.7. The first-order valence-corrected chi connectivity index (χ1v) is 10.3. The number of thioether (sulfide) groups is 1. The number of halogens is 1. The summed E-state index contributed by atoms with van der Waals surface area (Å²) in [7, 11) is 0. The van der Waals surface area contributed by atoms with E-state index in [1.165, 1.54) is 11.8 Å². The second-order valence-electron chi connectivity index (χ2n) is 6.37. The summed E-state index contributed by atoms with van der Waals surface area (Å²) < 4.78 is 1.69. The monoisotopic (exact) mass is 415 g/mol. The van der Waals surface area contributed by atoms with Crippen LogP contribution in [0.4, 0.5) is 11.6 Å². The first-order valence-electron chi connectivity index (χ1n) is 8.93. The first kappa shape index (κ1) is 20.2. The number of aryl methyl sites for hydroxylation is 1. The van der Waals surface area contributed by atoms with Gasteiger partial charge in [-0.2, -0.15) is 0 Å². The third-order valence-corrected chi connectivity index (χ3v) is 5.65. The summed E-state index contributed by atoms with van der Waals surface area (Å²) in [5.74, 6) is 0.667. The maximum atomic E-state index is 12.9. The van der Waals surface area contributed by atoms with Crippen molar-refractivity contribution in [2.24, 2.45) is 0 Å². The van der Waals surface area contributed by atoms with Crippen LogP contribution in [-0.2, 0) is 10.5 Å². The second-order valence-corrected chi connectivity index (χ2v) is 7.72. The predicted octanol–water partition coefficient (Wildman–Crippen LogP) is 4.70. The number of benzene rings is 2. The summed E-state index contributed by atoms with van der Waals surface area (Å²) in [6.07, 6.45) is 0.555. The van der Waals surface area contributed by atoms with Crippen molar-refractivity contribution in [1.29, 1.82) is 0 Å². The summed E-state index contributed by atoms with van der Waals surface area (Å²) in [6, 6.07) is 14.8. The number of rotatable bonds is 7. The van der Waals surface area contributed by atoms with E-state index < -0.39 is 6.04 Å². The van der Waals surface area contributed by atoms with Crippen molar-refractivity contribution in [2.75, 3.05) is 11.1 Å². The molecule has 1 amide bonds. The van der Waals surface area contributed by atoms with Crippen LogP contribution >= 0.6 is 23.4 Å². The molecule has 0 radical (unpaired) electrons. The maximum Gasteiger partial charge on any atom is 0.247 e. The molecule has 0 spiro atoms. The molecule has 3 N–H and O–H groups in total. The number of carbonyl (C=O) groups is 1. The minimum absolute atomic E-state index is 0.154. The van der Waals surface area contributed by atoms with E-state index in [2.05, 4.69) is 15.5 Å². The Bertz CT molecular complexity index is 975. The van der Waals surface area contributed by atoms with Crippen molar-refractivity contribution in [1.82, 2.24) is 14.8 Å². The van der Waals surface area contributed by atoms with Crippen molar-refractivity contribution in [3.63, 3.8) is 0 Å². The van der Waals surface area contributed by atoms with E-state index in [4.69, 9.17) is 17.3 Å². The molecule has 0 fully saturated rings. The molecule has 0 saturated carbocycles. The van der Waals surface area contributed by atoms with Crippen molar-refractivity contribution >= 4 is 40.9 Å². The lowest BCUT2D eigenvalue weighted by molar-refractivity contribution is -0.119. The fourth-order valence-corrected chi connectivity index (χ4v) is 4.15. The van der Waals surface area contributed by atoms with Crippen LogP contribution in [-0.4, -0.2) is 20.7 Å². The summed E-state index contributed by atoms with van der Waals surface area (Å²) in [6.45, 7) is 3.91. The molecule has 3 aromatic rings. The van der Waals surface area contributed by atoms with E-state index in [0.717, 1.165) is 16.8 Å². The average Bonchev–Trinajstić information content (AvgIpc) is 3.02. The molecular weight excluding hydrogens is 394 g/mol. The highest BCUT2D eigenvalue weighted by molar-refractivity contribution is 7.98. The molecule has 1 unspecified atom stereocenters. The van der Waals surface area contributed by atoms with Crippen LogP contribution in [0.25, 0.3) is 0 Å². The third kappa shape index (κ3) is 4.66. The van der Waals surface area contributed by atoms with Crippen LogP contribution in [0.3, 0.4) is 0 Å². The highest BCUT2D eigenvalue weighted by Gasteiger charge is 2.25. The molecule has 0 bridgehead atoms. The second kappa shape index (κ2) is 9.12. The molecule has 1 aromatic heterocycles. The van der Waals surface area contributed by atoms with Gasteiger partial charge in [0.05, 0.1) is 0 Å². The van der Waals surface area contributed by atoms with Gasteiger partial charge in [-0.3, -0.25) is 9.36 Å². The predicted molar refractivity (Wildman–Crippen MR) is 115 cm³/mol. The fourth-order valence-electron chi connectivity index (χ4n) is 2.87. The van der Waals surface area contributed by atoms with Crippen LogP contribution in [0, 0.1) is 6.92 Å². The number of carbonyl (C=O) groups excluding carboxylic acids is 1. The highest BCUT2D eigenvalue weighted by Crippen LogP contribution is 2.30. The van der Waals surface area contributed by atoms with Gasteiger partial charge in [0.1, 0.15) is 6.04 Å². The molecule has 1 heterocycles. The summed E-state index contributed by atoms with van der Waals surface area (Å²) in [5, 5.41) is 12.4. The van der Waals surface area contributed by atoms with Crippen molar-refractivity contribution in [3.05, 3.63) is 64.7 Å². The minimum Gasteiger partial charge on any atom is -0.368 e.